The molecule has 98 valence electrons. The minimum Gasteiger partial charge on any atom is -0.289 e. The topological polar surface area (TPSA) is 17.1 Å². The van der Waals surface area contributed by atoms with Crippen LogP contribution in [0.4, 0.5) is 0 Å². The Morgan fingerprint density at radius 3 is 2.26 bits per heavy atom. The summed E-state index contributed by atoms with van der Waals surface area (Å²) in [6.07, 6.45) is 1.05. The lowest BCUT2D eigenvalue weighted by molar-refractivity contribution is 0.103. The Morgan fingerprint density at radius 1 is 1.00 bits per heavy atom. The number of rotatable bonds is 4. The molecule has 2 aromatic carbocycles. The maximum atomic E-state index is 12.3. The van der Waals surface area contributed by atoms with Crippen LogP contribution in [0.25, 0.3) is 0 Å². The number of carbonyl (C=O) groups excluding carboxylic acids is 1. The Bertz CT molecular complexity index is 564. The second kappa shape index (κ2) is 5.83. The van der Waals surface area contributed by atoms with Crippen molar-refractivity contribution < 1.29 is 4.79 Å². The zero-order chi connectivity index (χ0) is 13.8. The number of ketones is 1. The first-order valence-electron chi connectivity index (χ1n) is 6.76. The van der Waals surface area contributed by atoms with E-state index in [9.17, 15) is 4.79 Å². The molecule has 0 N–H and O–H groups in total. The molecule has 1 heteroatoms. The van der Waals surface area contributed by atoms with Gasteiger partial charge in [-0.25, -0.2) is 0 Å². The summed E-state index contributed by atoms with van der Waals surface area (Å²) in [7, 11) is 0. The average molecular weight is 252 g/mol. The molecule has 0 saturated heterocycles. The highest BCUT2D eigenvalue weighted by Gasteiger charge is 2.09. The van der Waals surface area contributed by atoms with Crippen molar-refractivity contribution in [2.75, 3.05) is 0 Å². The number of benzene rings is 2. The van der Waals surface area contributed by atoms with E-state index in [2.05, 4.69) is 26.0 Å². The molecule has 0 amide bonds. The van der Waals surface area contributed by atoms with E-state index in [-0.39, 0.29) is 5.78 Å². The van der Waals surface area contributed by atoms with E-state index < -0.39 is 0 Å². The number of hydrogen-bond acceptors (Lipinski definition) is 1. The van der Waals surface area contributed by atoms with Gasteiger partial charge in [-0.1, -0.05) is 61.9 Å². The predicted molar refractivity (Wildman–Crippen MR) is 79.6 cm³/mol. The van der Waals surface area contributed by atoms with E-state index in [1.165, 1.54) is 5.56 Å². The van der Waals surface area contributed by atoms with E-state index in [1.54, 1.807) is 0 Å². The average Bonchev–Trinajstić information content (AvgIpc) is 2.38. The highest BCUT2D eigenvalue weighted by Crippen LogP contribution is 2.14. The molecule has 0 unspecified atom stereocenters. The Labute approximate surface area is 115 Å². The third-order valence-corrected chi connectivity index (χ3v) is 3.14. The molecule has 0 aliphatic carbocycles. The summed E-state index contributed by atoms with van der Waals surface area (Å²) in [5.41, 5.74) is 3.92. The van der Waals surface area contributed by atoms with Gasteiger partial charge >= 0.3 is 0 Å². The summed E-state index contributed by atoms with van der Waals surface area (Å²) >= 11 is 0. The molecule has 0 heterocycles. The minimum atomic E-state index is 0.0970. The van der Waals surface area contributed by atoms with Crippen molar-refractivity contribution in [3.63, 3.8) is 0 Å². The normalized spacial score (nSPS) is 10.7. The van der Waals surface area contributed by atoms with Gasteiger partial charge in [-0.2, -0.15) is 0 Å². The predicted octanol–water partition coefficient (Wildman–Crippen LogP) is 4.42. The van der Waals surface area contributed by atoms with Gasteiger partial charge in [-0.05, 0) is 30.9 Å². The lowest BCUT2D eigenvalue weighted by atomic mass is 9.98. The van der Waals surface area contributed by atoms with Crippen LogP contribution in [0.1, 0.15) is 40.9 Å². The van der Waals surface area contributed by atoms with Gasteiger partial charge in [0.25, 0.3) is 0 Å². The minimum absolute atomic E-state index is 0.0970. The summed E-state index contributed by atoms with van der Waals surface area (Å²) in [6.45, 7) is 6.40. The molecular weight excluding hydrogens is 232 g/mol. The Kier molecular flexibility index (Phi) is 4.16. The van der Waals surface area contributed by atoms with Crippen molar-refractivity contribution in [1.29, 1.82) is 0 Å². The molecule has 19 heavy (non-hydrogen) atoms. The first-order chi connectivity index (χ1) is 9.06. The molecule has 0 aliphatic rings. The molecule has 2 aromatic rings. The summed E-state index contributed by atoms with van der Waals surface area (Å²) in [6, 6.07) is 15.7. The highest BCUT2D eigenvalue weighted by molar-refractivity contribution is 6.09. The molecule has 0 aromatic heterocycles. The molecule has 2 rings (SSSR count). The zero-order valence-electron chi connectivity index (χ0n) is 11.8. The summed E-state index contributed by atoms with van der Waals surface area (Å²) in [5.74, 6) is 0.734. The number of carbonyl (C=O) groups is 1. The third-order valence-electron chi connectivity index (χ3n) is 3.14. The fourth-order valence-electron chi connectivity index (χ4n) is 2.22. The van der Waals surface area contributed by atoms with E-state index in [1.807, 2.05) is 43.3 Å². The fourth-order valence-corrected chi connectivity index (χ4v) is 2.22. The summed E-state index contributed by atoms with van der Waals surface area (Å²) in [4.78, 5) is 12.3. The van der Waals surface area contributed by atoms with Gasteiger partial charge in [0.05, 0.1) is 0 Å². The van der Waals surface area contributed by atoms with Gasteiger partial charge < -0.3 is 0 Å². The largest absolute Gasteiger partial charge is 0.289 e. The first-order valence-corrected chi connectivity index (χ1v) is 6.76. The van der Waals surface area contributed by atoms with Gasteiger partial charge in [0, 0.05) is 11.1 Å². The molecule has 0 radical (unpaired) electrons. The number of hydrogen-bond donors (Lipinski definition) is 0. The molecule has 0 bridgehead atoms. The third kappa shape index (κ3) is 3.54. The van der Waals surface area contributed by atoms with Gasteiger partial charge in [0.1, 0.15) is 0 Å². The first kappa shape index (κ1) is 13.5. The molecule has 0 saturated carbocycles. The summed E-state index contributed by atoms with van der Waals surface area (Å²) < 4.78 is 0. The van der Waals surface area contributed by atoms with Crippen LogP contribution >= 0.6 is 0 Å². The van der Waals surface area contributed by atoms with Crippen molar-refractivity contribution in [3.05, 3.63) is 70.8 Å². The van der Waals surface area contributed by atoms with Crippen LogP contribution in [0.3, 0.4) is 0 Å². The van der Waals surface area contributed by atoms with Crippen molar-refractivity contribution in [3.8, 4) is 0 Å². The van der Waals surface area contributed by atoms with Crippen molar-refractivity contribution in [2.24, 2.45) is 5.92 Å². The quantitative estimate of drug-likeness (QED) is 0.736. The van der Waals surface area contributed by atoms with E-state index >= 15 is 0 Å². The molecular formula is C18H20O. The van der Waals surface area contributed by atoms with Crippen LogP contribution in [0.15, 0.2) is 48.5 Å². The lowest BCUT2D eigenvalue weighted by Gasteiger charge is -2.06. The summed E-state index contributed by atoms with van der Waals surface area (Å²) in [5, 5.41) is 0. The van der Waals surface area contributed by atoms with Crippen LogP contribution in [-0.2, 0) is 6.42 Å². The van der Waals surface area contributed by atoms with Crippen LogP contribution < -0.4 is 0 Å². The molecule has 0 spiro atoms. The SMILES string of the molecule is Cc1cccc(C(=O)c2ccc(CC(C)C)cc2)c1. The monoisotopic (exact) mass is 252 g/mol. The second-order valence-corrected chi connectivity index (χ2v) is 5.49. The van der Waals surface area contributed by atoms with Gasteiger partial charge in [-0.15, -0.1) is 0 Å². The molecule has 1 nitrogen and oxygen atoms in total. The maximum absolute atomic E-state index is 12.3. The van der Waals surface area contributed by atoms with Crippen LogP contribution in [0.5, 0.6) is 0 Å². The molecule has 0 atom stereocenters. The van der Waals surface area contributed by atoms with Gasteiger partial charge in [0.2, 0.25) is 0 Å². The standard InChI is InChI=1S/C18H20O/c1-13(2)11-15-7-9-16(10-8-15)18(19)17-6-4-5-14(3)12-17/h4-10,12-13H,11H2,1-3H3. The molecule has 0 fully saturated rings. The molecule has 0 aliphatic heterocycles. The van der Waals surface area contributed by atoms with Gasteiger partial charge in [-0.3, -0.25) is 4.79 Å². The Morgan fingerprint density at radius 2 is 1.68 bits per heavy atom. The highest BCUT2D eigenvalue weighted by atomic mass is 16.1. The van der Waals surface area contributed by atoms with E-state index in [4.69, 9.17) is 0 Å². The van der Waals surface area contributed by atoms with Crippen molar-refractivity contribution >= 4 is 5.78 Å². The maximum Gasteiger partial charge on any atom is 0.193 e. The van der Waals surface area contributed by atoms with E-state index in [0.29, 0.717) is 5.92 Å². The fraction of sp³-hybridized carbons (Fsp3) is 0.278. The van der Waals surface area contributed by atoms with Crippen LogP contribution in [-0.4, -0.2) is 5.78 Å². The zero-order valence-corrected chi connectivity index (χ0v) is 11.8. The van der Waals surface area contributed by atoms with E-state index in [0.717, 1.165) is 23.1 Å². The Hall–Kier alpha value is -1.89. The Balaban J connectivity index is 2.20. The smallest absolute Gasteiger partial charge is 0.193 e. The second-order valence-electron chi connectivity index (χ2n) is 5.49. The van der Waals surface area contributed by atoms with Crippen LogP contribution in [0.2, 0.25) is 0 Å². The lowest BCUT2D eigenvalue weighted by Crippen LogP contribution is -2.02. The van der Waals surface area contributed by atoms with Crippen molar-refractivity contribution in [2.45, 2.75) is 27.2 Å². The number of aryl methyl sites for hydroxylation is 1. The van der Waals surface area contributed by atoms with Gasteiger partial charge in [0.15, 0.2) is 5.78 Å². The van der Waals surface area contributed by atoms with Crippen LogP contribution in [0, 0.1) is 12.8 Å². The van der Waals surface area contributed by atoms with Crippen molar-refractivity contribution in [1.82, 2.24) is 0 Å².